The van der Waals surface area contributed by atoms with E-state index in [1.807, 2.05) is 30.3 Å². The lowest BCUT2D eigenvalue weighted by Gasteiger charge is -2.44. The van der Waals surface area contributed by atoms with E-state index in [-0.39, 0.29) is 45.6 Å². The quantitative estimate of drug-likeness (QED) is 0.0730. The Bertz CT molecular complexity index is 1920. The second-order valence-electron chi connectivity index (χ2n) is 13.9. The molecule has 3 atom stereocenters. The lowest BCUT2D eigenvalue weighted by Crippen LogP contribution is -2.52. The monoisotopic (exact) mass is 781 g/mol. The minimum Gasteiger partial charge on any atom is -0.619 e. The van der Waals surface area contributed by atoms with E-state index in [1.54, 1.807) is 24.3 Å². The third-order valence-corrected chi connectivity index (χ3v) is 10.7. The molecule has 8 rings (SSSR count). The Hall–Kier alpha value is -4.65. The maximum Gasteiger partial charge on any atom is 0.387 e. The van der Waals surface area contributed by atoms with E-state index in [1.165, 1.54) is 18.2 Å². The number of rotatable bonds is 15. The average Bonchev–Trinajstić information content (AvgIpc) is 4.00. The molecule has 284 valence electrons. The van der Waals surface area contributed by atoms with Crippen LogP contribution in [0.5, 0.6) is 11.5 Å². The first-order valence-electron chi connectivity index (χ1n) is 17.9. The molecule has 10 nitrogen and oxygen atoms in total. The predicted octanol–water partition coefficient (Wildman–Crippen LogP) is 7.95. The molecule has 54 heavy (non-hydrogen) atoms. The first kappa shape index (κ1) is 37.7. The molecule has 2 unspecified atom stereocenters. The number of ether oxygens (including phenoxy) is 4. The standard InChI is InChI=1S/C40H39Cl2F2N3O7/c41-31-20-47(50)21-32(42)30(31)19-34(28-10-13-33(54-40(43)44)35(18-28)51-23-24-6-7-24)52-38(48)27-8-11-29(12-9-27)45-37(26-4-2-1-3-5-26)39(49)53-36-22-46-16-14-25(36)15-17-46/h1-5,8-13,18,20-21,24-25,34,36-37,40,45H,6-7,14-17,19,22-23H2/t34?,36-,37?/m0/s1. The summed E-state index contributed by atoms with van der Waals surface area (Å²) < 4.78 is 49.7. The van der Waals surface area contributed by atoms with Crippen LogP contribution in [0.25, 0.3) is 0 Å². The van der Waals surface area contributed by atoms with Gasteiger partial charge in [0.2, 0.25) is 0 Å². The zero-order chi connectivity index (χ0) is 37.8. The molecule has 1 saturated carbocycles. The van der Waals surface area contributed by atoms with E-state index in [0.717, 1.165) is 63.3 Å². The topological polar surface area (TPSA) is 113 Å². The SMILES string of the molecule is O=C(OC(Cc1c(Cl)c[n+]([O-])cc1Cl)c1ccc(OC(F)F)c(OCC2CC2)c1)c1ccc(NC(C(=O)O[C@H]2CN3CCC2CC3)c2ccccc2)cc1. The molecule has 0 spiro atoms. The summed E-state index contributed by atoms with van der Waals surface area (Å²) in [5, 5.41) is 15.3. The van der Waals surface area contributed by atoms with E-state index in [4.69, 9.17) is 42.1 Å². The van der Waals surface area contributed by atoms with Gasteiger partial charge in [0.15, 0.2) is 29.9 Å². The molecule has 3 saturated heterocycles. The molecule has 4 aromatic rings. The van der Waals surface area contributed by atoms with Crippen molar-refractivity contribution >= 4 is 40.8 Å². The van der Waals surface area contributed by atoms with Gasteiger partial charge in [-0.15, -0.1) is 0 Å². The molecule has 2 bridgehead atoms. The van der Waals surface area contributed by atoms with Crippen LogP contribution in [0.1, 0.15) is 64.9 Å². The molecule has 14 heteroatoms. The first-order valence-corrected chi connectivity index (χ1v) is 18.7. The number of halogens is 4. The van der Waals surface area contributed by atoms with Crippen LogP contribution in [0.15, 0.2) is 85.2 Å². The van der Waals surface area contributed by atoms with Crippen molar-refractivity contribution in [2.45, 2.75) is 57.0 Å². The fourth-order valence-corrected chi connectivity index (χ4v) is 7.51. The number of carbonyl (C=O) groups excluding carboxylic acids is 2. The minimum absolute atomic E-state index is 0.0526. The maximum absolute atomic E-state index is 13.7. The largest absolute Gasteiger partial charge is 0.619 e. The van der Waals surface area contributed by atoms with Crippen molar-refractivity contribution in [3.8, 4) is 11.5 Å². The first-order chi connectivity index (χ1) is 26.1. The van der Waals surface area contributed by atoms with E-state index in [2.05, 4.69) is 10.2 Å². The summed E-state index contributed by atoms with van der Waals surface area (Å²) in [6, 6.07) is 19.3. The minimum atomic E-state index is -3.08. The summed E-state index contributed by atoms with van der Waals surface area (Å²) in [6.07, 6.45) is 4.98. The second kappa shape index (κ2) is 16.8. The van der Waals surface area contributed by atoms with Crippen molar-refractivity contribution < 1.29 is 42.0 Å². The van der Waals surface area contributed by atoms with Crippen LogP contribution >= 0.6 is 23.2 Å². The highest BCUT2D eigenvalue weighted by molar-refractivity contribution is 6.35. The Balaban J connectivity index is 1.11. The molecule has 1 aromatic heterocycles. The zero-order valence-electron chi connectivity index (χ0n) is 29.2. The lowest BCUT2D eigenvalue weighted by molar-refractivity contribution is -0.605. The molecule has 4 aliphatic rings. The van der Waals surface area contributed by atoms with Crippen molar-refractivity contribution in [3.05, 3.63) is 123 Å². The van der Waals surface area contributed by atoms with Crippen LogP contribution in [0, 0.1) is 17.0 Å². The van der Waals surface area contributed by atoms with Crippen LogP contribution in [-0.2, 0) is 20.7 Å². The summed E-state index contributed by atoms with van der Waals surface area (Å²) in [5.74, 6) is -0.502. The Morgan fingerprint density at radius 3 is 2.24 bits per heavy atom. The molecule has 1 aliphatic carbocycles. The van der Waals surface area contributed by atoms with Crippen molar-refractivity contribution in [2.24, 2.45) is 11.8 Å². The number of nitrogens with zero attached hydrogens (tertiary/aromatic N) is 2. The number of esters is 2. The van der Waals surface area contributed by atoms with Crippen LogP contribution in [0.2, 0.25) is 10.0 Å². The fraction of sp³-hybridized carbons (Fsp3) is 0.375. The van der Waals surface area contributed by atoms with E-state index in [9.17, 15) is 23.6 Å². The third kappa shape index (κ3) is 9.34. The summed E-state index contributed by atoms with van der Waals surface area (Å²) in [4.78, 5) is 29.7. The molecule has 3 aliphatic heterocycles. The smallest absolute Gasteiger partial charge is 0.387 e. The number of anilines is 1. The number of benzene rings is 3. The molecule has 4 heterocycles. The van der Waals surface area contributed by atoms with Gasteiger partial charge in [-0.1, -0.05) is 59.6 Å². The van der Waals surface area contributed by atoms with Crippen molar-refractivity contribution in [1.29, 1.82) is 0 Å². The Morgan fingerprint density at radius 2 is 1.61 bits per heavy atom. The predicted molar refractivity (Wildman–Crippen MR) is 197 cm³/mol. The lowest BCUT2D eigenvalue weighted by atomic mass is 9.86. The van der Waals surface area contributed by atoms with Gasteiger partial charge in [0.25, 0.3) is 0 Å². The summed E-state index contributed by atoms with van der Waals surface area (Å²) in [6.45, 7) is 0.0322. The average molecular weight is 783 g/mol. The zero-order valence-corrected chi connectivity index (χ0v) is 30.7. The van der Waals surface area contributed by atoms with Gasteiger partial charge < -0.3 is 29.5 Å². The molecule has 1 N–H and O–H groups in total. The van der Waals surface area contributed by atoms with Gasteiger partial charge >= 0.3 is 18.6 Å². The normalized spacial score (nSPS) is 20.2. The Labute approximate surface area is 321 Å². The van der Waals surface area contributed by atoms with Crippen LogP contribution < -0.4 is 19.5 Å². The number of carbonyl (C=O) groups is 2. The highest BCUT2D eigenvalue weighted by Gasteiger charge is 2.38. The number of piperidine rings is 3. The maximum atomic E-state index is 13.7. The summed E-state index contributed by atoms with van der Waals surface area (Å²) >= 11 is 12.8. The molecule has 0 amide bonds. The van der Waals surface area contributed by atoms with Gasteiger partial charge in [0, 0.05) is 24.2 Å². The van der Waals surface area contributed by atoms with Gasteiger partial charge in [0.1, 0.15) is 22.3 Å². The second-order valence-corrected chi connectivity index (χ2v) is 14.7. The summed E-state index contributed by atoms with van der Waals surface area (Å²) in [7, 11) is 0. The third-order valence-electron chi connectivity index (χ3n) is 10.1. The number of aromatic nitrogens is 1. The van der Waals surface area contributed by atoms with Gasteiger partial charge in [0.05, 0.1) is 12.2 Å². The number of nitrogens with one attached hydrogen (secondary N) is 1. The molecular weight excluding hydrogens is 743 g/mol. The Kier molecular flexibility index (Phi) is 11.7. The van der Waals surface area contributed by atoms with E-state index in [0.29, 0.717) is 40.0 Å². The number of fused-ring (bicyclic) bond motifs is 3. The molecule has 4 fully saturated rings. The van der Waals surface area contributed by atoms with Crippen molar-refractivity contribution in [1.82, 2.24) is 4.90 Å². The van der Waals surface area contributed by atoms with Gasteiger partial charge in [-0.2, -0.15) is 13.5 Å². The van der Waals surface area contributed by atoms with Crippen LogP contribution in [0.4, 0.5) is 14.5 Å². The van der Waals surface area contributed by atoms with Gasteiger partial charge in [-0.3, -0.25) is 4.90 Å². The van der Waals surface area contributed by atoms with Crippen LogP contribution in [0.3, 0.4) is 0 Å². The number of hydrogen-bond donors (Lipinski definition) is 1. The number of alkyl halides is 2. The summed E-state index contributed by atoms with van der Waals surface area (Å²) in [5.41, 5.74) is 2.24. The number of hydrogen-bond acceptors (Lipinski definition) is 9. The Morgan fingerprint density at radius 1 is 0.907 bits per heavy atom. The van der Waals surface area contributed by atoms with Gasteiger partial charge in [-0.05, 0) is 98.1 Å². The molecule has 3 aromatic carbocycles. The number of pyridine rings is 1. The molecule has 0 radical (unpaired) electrons. The highest BCUT2D eigenvalue weighted by Crippen LogP contribution is 2.38. The van der Waals surface area contributed by atoms with Crippen molar-refractivity contribution in [3.63, 3.8) is 0 Å². The van der Waals surface area contributed by atoms with E-state index < -0.39 is 24.7 Å². The molecular formula is C40H39Cl2F2N3O7. The fourth-order valence-electron chi connectivity index (χ4n) is 6.91. The van der Waals surface area contributed by atoms with E-state index >= 15 is 0 Å². The highest BCUT2D eigenvalue weighted by atomic mass is 35.5. The van der Waals surface area contributed by atoms with Crippen molar-refractivity contribution in [2.75, 3.05) is 31.6 Å². The van der Waals surface area contributed by atoms with Gasteiger partial charge in [-0.25, -0.2) is 9.59 Å². The van der Waals surface area contributed by atoms with Crippen LogP contribution in [-0.4, -0.2) is 55.8 Å².